The van der Waals surface area contributed by atoms with Crippen molar-refractivity contribution in [3.63, 3.8) is 0 Å². The zero-order valence-electron chi connectivity index (χ0n) is 18.6. The molecule has 3 amide bonds. The molecule has 0 spiro atoms. The molecule has 0 saturated heterocycles. The van der Waals surface area contributed by atoms with E-state index in [1.807, 2.05) is 66.7 Å². The van der Waals surface area contributed by atoms with E-state index < -0.39 is 11.8 Å². The zero-order valence-corrected chi connectivity index (χ0v) is 18.6. The Morgan fingerprint density at radius 2 is 0.943 bits per heavy atom. The Hall–Kier alpha value is -4.97. The lowest BCUT2D eigenvalue weighted by atomic mass is 10.0. The predicted molar refractivity (Wildman–Crippen MR) is 137 cm³/mol. The Morgan fingerprint density at radius 1 is 0.457 bits per heavy atom. The second kappa shape index (κ2) is 9.49. The van der Waals surface area contributed by atoms with Crippen LogP contribution in [-0.4, -0.2) is 17.7 Å². The summed E-state index contributed by atoms with van der Waals surface area (Å²) in [6.45, 7) is 0. The predicted octanol–water partition coefficient (Wildman–Crippen LogP) is 5.32. The van der Waals surface area contributed by atoms with Gasteiger partial charge in [-0.1, -0.05) is 72.8 Å². The van der Waals surface area contributed by atoms with Crippen LogP contribution >= 0.6 is 0 Å². The second-order valence-electron chi connectivity index (χ2n) is 7.99. The van der Waals surface area contributed by atoms with E-state index >= 15 is 0 Å². The van der Waals surface area contributed by atoms with E-state index in [0.717, 1.165) is 21.5 Å². The average molecular weight is 460 g/mol. The molecular formula is C29H21N3O3. The summed E-state index contributed by atoms with van der Waals surface area (Å²) in [5, 5.41) is 6.45. The lowest BCUT2D eigenvalue weighted by Gasteiger charge is -2.11. The summed E-state index contributed by atoms with van der Waals surface area (Å²) in [5.74, 6) is -1.11. The summed E-state index contributed by atoms with van der Waals surface area (Å²) < 4.78 is 0. The molecule has 0 aliphatic carbocycles. The van der Waals surface area contributed by atoms with Gasteiger partial charge in [0.1, 0.15) is 0 Å². The van der Waals surface area contributed by atoms with Gasteiger partial charge in [0.25, 0.3) is 17.7 Å². The fourth-order valence-corrected chi connectivity index (χ4v) is 4.00. The van der Waals surface area contributed by atoms with E-state index in [-0.39, 0.29) is 5.91 Å². The van der Waals surface area contributed by atoms with Gasteiger partial charge >= 0.3 is 0 Å². The Labute approximate surface area is 201 Å². The molecule has 0 radical (unpaired) electrons. The molecule has 0 bridgehead atoms. The summed E-state index contributed by atoms with van der Waals surface area (Å²) in [6, 6.07) is 32.7. The molecular weight excluding hydrogens is 438 g/mol. The number of amides is 3. The van der Waals surface area contributed by atoms with Crippen molar-refractivity contribution < 1.29 is 14.4 Å². The van der Waals surface area contributed by atoms with Crippen LogP contribution in [0.15, 0.2) is 109 Å². The lowest BCUT2D eigenvalue weighted by molar-refractivity contribution is 0.0847. The number of hydrogen-bond donors (Lipinski definition) is 3. The Kier molecular flexibility index (Phi) is 5.92. The maximum atomic E-state index is 12.8. The van der Waals surface area contributed by atoms with Crippen LogP contribution in [0.2, 0.25) is 0 Å². The third kappa shape index (κ3) is 4.58. The molecule has 0 aliphatic heterocycles. The largest absolute Gasteiger partial charge is 0.322 e. The molecule has 5 rings (SSSR count). The first-order chi connectivity index (χ1) is 17.1. The van der Waals surface area contributed by atoms with Crippen LogP contribution in [0, 0.1) is 0 Å². The van der Waals surface area contributed by atoms with E-state index in [9.17, 15) is 14.4 Å². The van der Waals surface area contributed by atoms with Gasteiger partial charge in [0.2, 0.25) is 0 Å². The van der Waals surface area contributed by atoms with Crippen LogP contribution in [0.5, 0.6) is 0 Å². The van der Waals surface area contributed by atoms with Crippen LogP contribution in [0.25, 0.3) is 21.5 Å². The average Bonchev–Trinajstić information content (AvgIpc) is 2.91. The molecule has 3 N–H and O–H groups in total. The number of hydrazine groups is 1. The first-order valence-corrected chi connectivity index (χ1v) is 11.1. The van der Waals surface area contributed by atoms with Crippen LogP contribution in [0.4, 0.5) is 5.69 Å². The first-order valence-electron chi connectivity index (χ1n) is 11.1. The van der Waals surface area contributed by atoms with Gasteiger partial charge in [0.15, 0.2) is 0 Å². The monoisotopic (exact) mass is 459 g/mol. The van der Waals surface area contributed by atoms with Crippen molar-refractivity contribution in [3.8, 4) is 0 Å². The molecule has 0 heterocycles. The Balaban J connectivity index is 1.23. The number of carbonyl (C=O) groups excluding carboxylic acids is 3. The molecule has 5 aromatic carbocycles. The fraction of sp³-hybridized carbons (Fsp3) is 0. The molecule has 0 saturated carbocycles. The van der Waals surface area contributed by atoms with Crippen molar-refractivity contribution in [3.05, 3.63) is 126 Å². The first kappa shape index (κ1) is 21.9. The van der Waals surface area contributed by atoms with Crippen LogP contribution in [-0.2, 0) is 0 Å². The third-order valence-electron chi connectivity index (χ3n) is 5.76. The van der Waals surface area contributed by atoms with E-state index in [1.165, 1.54) is 0 Å². The van der Waals surface area contributed by atoms with Crippen molar-refractivity contribution in [1.29, 1.82) is 0 Å². The van der Waals surface area contributed by atoms with Crippen molar-refractivity contribution in [1.82, 2.24) is 10.9 Å². The number of carbonyl (C=O) groups is 3. The molecule has 6 nitrogen and oxygen atoms in total. The fourth-order valence-electron chi connectivity index (χ4n) is 4.00. The molecule has 170 valence electrons. The minimum absolute atomic E-state index is 0.235. The highest BCUT2D eigenvalue weighted by Gasteiger charge is 2.13. The normalized spacial score (nSPS) is 10.6. The molecule has 0 atom stereocenters. The lowest BCUT2D eigenvalue weighted by Crippen LogP contribution is -2.41. The Bertz CT molecular complexity index is 1570. The van der Waals surface area contributed by atoms with Crippen molar-refractivity contribution in [2.75, 3.05) is 5.32 Å². The maximum absolute atomic E-state index is 12.8. The van der Waals surface area contributed by atoms with Gasteiger partial charge in [0, 0.05) is 22.4 Å². The van der Waals surface area contributed by atoms with E-state index in [1.54, 1.807) is 42.5 Å². The highest BCUT2D eigenvalue weighted by Crippen LogP contribution is 2.21. The third-order valence-corrected chi connectivity index (χ3v) is 5.76. The SMILES string of the molecule is O=C(NNC(=O)c1cccc2ccccc12)c1ccc(NC(=O)c2cccc3ccccc23)cc1. The second-order valence-corrected chi connectivity index (χ2v) is 7.99. The van der Waals surface area contributed by atoms with Gasteiger partial charge in [0.05, 0.1) is 0 Å². The number of nitrogens with one attached hydrogen (secondary N) is 3. The molecule has 0 aliphatic rings. The Morgan fingerprint density at radius 3 is 1.54 bits per heavy atom. The van der Waals surface area contributed by atoms with Crippen molar-refractivity contribution in [2.24, 2.45) is 0 Å². The van der Waals surface area contributed by atoms with Crippen LogP contribution in [0.3, 0.4) is 0 Å². The van der Waals surface area contributed by atoms with Crippen LogP contribution in [0.1, 0.15) is 31.1 Å². The number of rotatable bonds is 4. The standard InChI is InChI=1S/C29H21N3O3/c33-27(31-32-29(35)26-14-6-10-20-8-2-4-12-24(20)26)21-15-17-22(18-16-21)30-28(34)25-13-5-9-19-7-1-3-11-23(19)25/h1-18H,(H,30,34)(H,31,33)(H,32,35). The van der Waals surface area contributed by atoms with Gasteiger partial charge in [-0.05, 0) is 57.9 Å². The molecule has 35 heavy (non-hydrogen) atoms. The van der Waals surface area contributed by atoms with Gasteiger partial charge in [-0.15, -0.1) is 0 Å². The molecule has 0 fully saturated rings. The topological polar surface area (TPSA) is 87.3 Å². The van der Waals surface area contributed by atoms with E-state index in [0.29, 0.717) is 22.4 Å². The van der Waals surface area contributed by atoms with E-state index in [2.05, 4.69) is 16.2 Å². The molecule has 6 heteroatoms. The molecule has 0 aromatic heterocycles. The van der Waals surface area contributed by atoms with Crippen molar-refractivity contribution >= 4 is 45.0 Å². The number of benzene rings is 5. The van der Waals surface area contributed by atoms with Crippen molar-refractivity contribution in [2.45, 2.75) is 0 Å². The van der Waals surface area contributed by atoms with Gasteiger partial charge in [-0.2, -0.15) is 0 Å². The summed E-state index contributed by atoms with van der Waals surface area (Å²) >= 11 is 0. The summed E-state index contributed by atoms with van der Waals surface area (Å²) in [4.78, 5) is 38.0. The van der Waals surface area contributed by atoms with Gasteiger partial charge < -0.3 is 5.32 Å². The minimum Gasteiger partial charge on any atom is -0.322 e. The quantitative estimate of drug-likeness (QED) is 0.318. The summed E-state index contributed by atoms with van der Waals surface area (Å²) in [6.07, 6.45) is 0. The summed E-state index contributed by atoms with van der Waals surface area (Å²) in [5.41, 5.74) is 6.84. The number of fused-ring (bicyclic) bond motifs is 2. The highest BCUT2D eigenvalue weighted by atomic mass is 16.2. The molecule has 0 unspecified atom stereocenters. The highest BCUT2D eigenvalue weighted by molar-refractivity contribution is 6.13. The van der Waals surface area contributed by atoms with Gasteiger partial charge in [-0.3, -0.25) is 25.2 Å². The number of anilines is 1. The smallest absolute Gasteiger partial charge is 0.270 e. The molecule has 5 aromatic rings. The maximum Gasteiger partial charge on any atom is 0.270 e. The zero-order chi connectivity index (χ0) is 24.2. The minimum atomic E-state index is -0.467. The van der Waals surface area contributed by atoms with Crippen LogP contribution < -0.4 is 16.2 Å². The number of hydrogen-bond acceptors (Lipinski definition) is 3. The van der Waals surface area contributed by atoms with Gasteiger partial charge in [-0.25, -0.2) is 0 Å². The summed E-state index contributed by atoms with van der Waals surface area (Å²) in [7, 11) is 0. The van der Waals surface area contributed by atoms with E-state index in [4.69, 9.17) is 0 Å².